The van der Waals surface area contributed by atoms with Gasteiger partial charge in [0.05, 0.1) is 137 Å². The summed E-state index contributed by atoms with van der Waals surface area (Å²) in [7, 11) is 0. The van der Waals surface area contributed by atoms with Crippen molar-refractivity contribution in [3.8, 4) is 93.8 Å². The molecule has 0 atom stereocenters. The van der Waals surface area contributed by atoms with Crippen LogP contribution in [0.15, 0.2) is 194 Å². The number of nitriles is 8. The van der Waals surface area contributed by atoms with Crippen molar-refractivity contribution < 1.29 is 0 Å². The molecular weight excluding hydrogens is 1060 g/mol. The Morgan fingerprint density at radius 3 is 0.767 bits per heavy atom. The van der Waals surface area contributed by atoms with Crippen molar-refractivity contribution in [3.63, 3.8) is 0 Å². The van der Waals surface area contributed by atoms with Crippen LogP contribution in [-0.4, -0.2) is 28.2 Å². The minimum absolute atomic E-state index is 0.363. The molecule has 390 valence electrons. The van der Waals surface area contributed by atoms with Gasteiger partial charge in [-0.3, -0.25) is 14.1 Å². The number of hydrogen-bond donors (Lipinski definition) is 0. The van der Waals surface area contributed by atoms with E-state index in [9.17, 15) is 42.1 Å². The largest absolute Gasteiger partial charge is 0.305 e. The van der Waals surface area contributed by atoms with Crippen LogP contribution in [0.3, 0.4) is 0 Å². The third-order valence-corrected chi connectivity index (χ3v) is 16.3. The van der Waals surface area contributed by atoms with Crippen LogP contribution in [0.4, 0.5) is 0 Å². The fraction of sp³-hybridized carbons (Fsp3) is 0. The smallest absolute Gasteiger partial charge is 0.165 e. The van der Waals surface area contributed by atoms with Crippen molar-refractivity contribution in [2.24, 2.45) is 0 Å². The van der Waals surface area contributed by atoms with E-state index in [4.69, 9.17) is 4.98 Å². The third-order valence-electron chi connectivity index (χ3n) is 16.3. The summed E-state index contributed by atoms with van der Waals surface area (Å²) in [5, 5.41) is 89.5. The third kappa shape index (κ3) is 7.17. The number of fused-ring (bicyclic) bond motifs is 12. The van der Waals surface area contributed by atoms with Gasteiger partial charge in [0.1, 0.15) is 11.4 Å². The highest BCUT2D eigenvalue weighted by Gasteiger charge is 2.34. The van der Waals surface area contributed by atoms with E-state index in [0.29, 0.717) is 166 Å². The number of aromatic nitrogens is 6. The molecule has 0 radical (unpaired) electrons. The monoisotopic (exact) mass is 1090 g/mol. The van der Waals surface area contributed by atoms with Crippen LogP contribution in [0.25, 0.3) is 132 Å². The second-order valence-electron chi connectivity index (χ2n) is 20.7. The molecule has 15 aromatic rings. The SMILES string of the molecule is N#Cc1ccc2c(c1)c1cc(C#N)ccc1n2-c1nc(-n2c3ccc(C#N)cc3c3cc(C#N)ccc32)c(-n2c3ccc(C#N)cc3c3cc(C#N)ccc32)c(-c2ccccc2-c2ccncc2)c1-n1c2ccc(C#N)cc2c2cc(C#N)ccc21. The van der Waals surface area contributed by atoms with Gasteiger partial charge >= 0.3 is 0 Å². The highest BCUT2D eigenvalue weighted by molar-refractivity contribution is 6.17. The minimum atomic E-state index is 0.363. The molecule has 14 heteroatoms. The Kier molecular flexibility index (Phi) is 10.9. The van der Waals surface area contributed by atoms with Crippen molar-refractivity contribution in [2.45, 2.75) is 0 Å². The summed E-state index contributed by atoms with van der Waals surface area (Å²) in [5.74, 6) is 0.726. The number of hydrogen-bond acceptors (Lipinski definition) is 10. The average Bonchev–Trinajstić information content (AvgIpc) is 1.46. The Bertz CT molecular complexity index is 5340. The quantitative estimate of drug-likeness (QED) is 0.153. The molecule has 0 aliphatic carbocycles. The summed E-state index contributed by atoms with van der Waals surface area (Å²) in [6, 6.07) is 74.3. The standard InChI is InChI=1S/C72H32N14/c73-33-41-5-13-60-52(25-41)53-26-42(34-74)6-14-61(53)83(60)69-68(51-4-2-1-3-50(51)49-21-23-81-24-22-49)70(84-62-15-7-43(35-75)27-54(62)55-28-44(36-76)8-16-63(55)84)72(86-66-19-11-47(39-79)31-58(66)59-32-48(40-80)12-20-67(59)86)82-71(69)85-64-17-9-45(37-77)29-56(64)57-30-46(38-78)10-18-65(57)85/h1-32H. The molecule has 9 aromatic carbocycles. The van der Waals surface area contributed by atoms with Crippen LogP contribution in [-0.2, 0) is 0 Å². The normalized spacial score (nSPS) is 11.2. The summed E-state index contributed by atoms with van der Waals surface area (Å²) < 4.78 is 8.37. The maximum absolute atomic E-state index is 10.5. The Morgan fingerprint density at radius 2 is 0.512 bits per heavy atom. The van der Waals surface area contributed by atoms with Gasteiger partial charge in [0.2, 0.25) is 0 Å². The van der Waals surface area contributed by atoms with Crippen LogP contribution in [0, 0.1) is 90.6 Å². The van der Waals surface area contributed by atoms with E-state index >= 15 is 0 Å². The Hall–Kier alpha value is -13.6. The maximum Gasteiger partial charge on any atom is 0.165 e. The topological polar surface area (TPSA) is 236 Å². The van der Waals surface area contributed by atoms with Crippen molar-refractivity contribution in [3.05, 3.63) is 239 Å². The van der Waals surface area contributed by atoms with Crippen molar-refractivity contribution in [1.29, 1.82) is 42.1 Å². The highest BCUT2D eigenvalue weighted by atomic mass is 15.2. The summed E-state index contributed by atoms with van der Waals surface area (Å²) in [5.41, 5.74) is 12.3. The zero-order chi connectivity index (χ0) is 58.5. The van der Waals surface area contributed by atoms with E-state index in [-0.39, 0.29) is 0 Å². The van der Waals surface area contributed by atoms with Crippen LogP contribution in [0.1, 0.15) is 44.5 Å². The zero-order valence-electron chi connectivity index (χ0n) is 44.7. The fourth-order valence-electron chi connectivity index (χ4n) is 12.6. The predicted molar refractivity (Wildman–Crippen MR) is 328 cm³/mol. The van der Waals surface area contributed by atoms with Gasteiger partial charge in [0, 0.05) is 61.0 Å². The number of nitrogens with zero attached hydrogens (tertiary/aromatic N) is 14. The van der Waals surface area contributed by atoms with Gasteiger partial charge < -0.3 is 9.13 Å². The molecule has 0 amide bonds. The molecule has 0 saturated heterocycles. The van der Waals surface area contributed by atoms with Gasteiger partial charge in [0.15, 0.2) is 11.6 Å². The highest BCUT2D eigenvalue weighted by Crippen LogP contribution is 2.51. The first-order valence-electron chi connectivity index (χ1n) is 26.9. The fourth-order valence-corrected chi connectivity index (χ4v) is 12.6. The molecule has 0 saturated carbocycles. The Morgan fingerprint density at radius 1 is 0.267 bits per heavy atom. The molecular formula is C72H32N14. The van der Waals surface area contributed by atoms with Crippen LogP contribution in [0.5, 0.6) is 0 Å². The van der Waals surface area contributed by atoms with E-state index in [1.165, 1.54) is 0 Å². The number of pyridine rings is 2. The van der Waals surface area contributed by atoms with E-state index in [1.54, 1.807) is 60.9 Å². The van der Waals surface area contributed by atoms with Gasteiger partial charge in [-0.1, -0.05) is 24.3 Å². The predicted octanol–water partition coefficient (Wildman–Crippen LogP) is 15.2. The molecule has 6 heterocycles. The number of benzene rings is 9. The van der Waals surface area contributed by atoms with Crippen molar-refractivity contribution >= 4 is 87.2 Å². The lowest BCUT2D eigenvalue weighted by molar-refractivity contribution is 0.961. The van der Waals surface area contributed by atoms with Crippen molar-refractivity contribution in [2.75, 3.05) is 0 Å². The first-order valence-corrected chi connectivity index (χ1v) is 26.9. The van der Waals surface area contributed by atoms with Crippen LogP contribution in [0.2, 0.25) is 0 Å². The van der Waals surface area contributed by atoms with Crippen LogP contribution >= 0.6 is 0 Å². The molecule has 0 fully saturated rings. The second kappa shape index (κ2) is 19.0. The summed E-state index contributed by atoms with van der Waals surface area (Å²) in [6.45, 7) is 0. The van der Waals surface area contributed by atoms with E-state index < -0.39 is 0 Å². The minimum Gasteiger partial charge on any atom is -0.305 e. The molecule has 15 rings (SSSR count). The lowest BCUT2D eigenvalue weighted by atomic mass is 9.92. The Balaban J connectivity index is 1.31. The number of rotatable bonds is 6. The van der Waals surface area contributed by atoms with Gasteiger partial charge in [0.25, 0.3) is 0 Å². The lowest BCUT2D eigenvalue weighted by Gasteiger charge is -2.27. The zero-order valence-corrected chi connectivity index (χ0v) is 44.7. The summed E-state index contributed by atoms with van der Waals surface area (Å²) >= 11 is 0. The molecule has 0 unspecified atom stereocenters. The molecule has 0 spiro atoms. The van der Waals surface area contributed by atoms with Gasteiger partial charge in [-0.2, -0.15) is 42.1 Å². The molecule has 0 N–H and O–H groups in total. The second-order valence-corrected chi connectivity index (χ2v) is 20.7. The van der Waals surface area contributed by atoms with E-state index in [2.05, 4.69) is 77.9 Å². The summed E-state index contributed by atoms with van der Waals surface area (Å²) in [4.78, 5) is 10.6. The van der Waals surface area contributed by atoms with E-state index in [1.807, 2.05) is 127 Å². The maximum atomic E-state index is 10.5. The lowest BCUT2D eigenvalue weighted by Crippen LogP contribution is -2.16. The molecule has 0 aliphatic heterocycles. The average molecular weight is 1090 g/mol. The Labute approximate surface area is 487 Å². The first kappa shape index (κ1) is 49.4. The van der Waals surface area contributed by atoms with Gasteiger partial charge in [-0.25, -0.2) is 4.98 Å². The molecule has 14 nitrogen and oxygen atoms in total. The van der Waals surface area contributed by atoms with Crippen molar-refractivity contribution in [1.82, 2.24) is 28.2 Å². The molecule has 0 bridgehead atoms. The van der Waals surface area contributed by atoms with Gasteiger partial charge in [-0.15, -0.1) is 0 Å². The first-order chi connectivity index (χ1) is 42.3. The van der Waals surface area contributed by atoms with E-state index in [0.717, 1.165) is 11.1 Å². The van der Waals surface area contributed by atoms with Crippen LogP contribution < -0.4 is 0 Å². The molecule has 0 aliphatic rings. The molecule has 86 heavy (non-hydrogen) atoms. The molecule has 6 aromatic heterocycles. The summed E-state index contributed by atoms with van der Waals surface area (Å²) in [6.07, 6.45) is 3.48. The van der Waals surface area contributed by atoms with Gasteiger partial charge in [-0.05, 0) is 174 Å².